The van der Waals surface area contributed by atoms with E-state index >= 15 is 0 Å². The zero-order valence-corrected chi connectivity index (χ0v) is 25.2. The van der Waals surface area contributed by atoms with Crippen LogP contribution in [0.3, 0.4) is 0 Å². The monoisotopic (exact) mass is 638 g/mol. The molecular weight excluding hydrogens is 609 g/mol. The number of anilines is 1. The van der Waals surface area contributed by atoms with Crippen molar-refractivity contribution in [3.8, 4) is 5.75 Å². The predicted molar refractivity (Wildman–Crippen MR) is 167 cm³/mol. The van der Waals surface area contributed by atoms with E-state index in [1.54, 1.807) is 31.6 Å². The lowest BCUT2D eigenvalue weighted by Crippen LogP contribution is -2.44. The summed E-state index contributed by atoms with van der Waals surface area (Å²) in [6, 6.07) is 11.5. The van der Waals surface area contributed by atoms with Crippen LogP contribution >= 0.6 is 11.6 Å². The molecule has 2 aliphatic rings. The van der Waals surface area contributed by atoms with Crippen molar-refractivity contribution in [3.05, 3.63) is 100.0 Å². The molecular formula is C31H30ClF3N8O2. The molecule has 14 heteroatoms. The van der Waals surface area contributed by atoms with E-state index in [1.165, 1.54) is 36.5 Å². The number of amides is 1. The maximum absolute atomic E-state index is 14.1. The van der Waals surface area contributed by atoms with E-state index in [0.29, 0.717) is 18.7 Å². The Morgan fingerprint density at radius 3 is 2.49 bits per heavy atom. The highest BCUT2D eigenvalue weighted by molar-refractivity contribution is 6.34. The average Bonchev–Trinajstić information content (AvgIpc) is 3.01. The number of likely N-dealkylation sites (N-methyl/N-ethyl adjacent to an activating group) is 1. The summed E-state index contributed by atoms with van der Waals surface area (Å²) in [6.07, 6.45) is 0.0291. The summed E-state index contributed by atoms with van der Waals surface area (Å²) >= 11 is 6.34. The summed E-state index contributed by atoms with van der Waals surface area (Å²) in [7, 11) is 3.63. The fourth-order valence-corrected chi connectivity index (χ4v) is 4.99. The third-order valence-corrected chi connectivity index (χ3v) is 7.53. The molecule has 0 bridgehead atoms. The minimum atomic E-state index is -4.61. The Labute approximate surface area is 262 Å². The number of piperazine rings is 1. The molecule has 45 heavy (non-hydrogen) atoms. The Morgan fingerprint density at radius 1 is 1.07 bits per heavy atom. The van der Waals surface area contributed by atoms with Crippen LogP contribution in [0.15, 0.2) is 82.7 Å². The first kappa shape index (κ1) is 31.8. The van der Waals surface area contributed by atoms with E-state index in [9.17, 15) is 18.0 Å². The molecule has 1 amide bonds. The summed E-state index contributed by atoms with van der Waals surface area (Å²) in [5.41, 5.74) is 0.140. The fraction of sp³-hybridized carbons (Fsp3) is 0.258. The van der Waals surface area contributed by atoms with Gasteiger partial charge in [-0.3, -0.25) is 20.1 Å². The van der Waals surface area contributed by atoms with Gasteiger partial charge in [0.05, 0.1) is 21.7 Å². The van der Waals surface area contributed by atoms with E-state index in [1.807, 2.05) is 11.9 Å². The Balaban J connectivity index is 1.37. The highest BCUT2D eigenvalue weighted by Gasteiger charge is 2.34. The number of hydrogen-bond donors (Lipinski definition) is 3. The number of carbonyl (C=O) groups is 1. The van der Waals surface area contributed by atoms with Gasteiger partial charge >= 0.3 is 6.18 Å². The van der Waals surface area contributed by atoms with E-state index < -0.39 is 17.6 Å². The third kappa shape index (κ3) is 7.74. The molecule has 0 saturated carbocycles. The number of nitrogens with zero attached hydrogens (tertiary/aromatic N) is 5. The van der Waals surface area contributed by atoms with Gasteiger partial charge < -0.3 is 20.3 Å². The van der Waals surface area contributed by atoms with Gasteiger partial charge in [-0.2, -0.15) is 18.2 Å². The second-order valence-corrected chi connectivity index (χ2v) is 10.8. The van der Waals surface area contributed by atoms with E-state index in [4.69, 9.17) is 21.7 Å². The number of aliphatic imine (C=N–C) groups is 2. The minimum absolute atomic E-state index is 0.0283. The molecule has 3 heterocycles. The first-order chi connectivity index (χ1) is 21.5. The highest BCUT2D eigenvalue weighted by atomic mass is 35.5. The van der Waals surface area contributed by atoms with Crippen molar-refractivity contribution < 1.29 is 22.7 Å². The number of ether oxygens (including phenoxy) is 1. The number of rotatable bonds is 7. The van der Waals surface area contributed by atoms with Gasteiger partial charge in [0.1, 0.15) is 5.75 Å². The van der Waals surface area contributed by atoms with Crippen molar-refractivity contribution in [3.63, 3.8) is 0 Å². The third-order valence-electron chi connectivity index (χ3n) is 7.20. The molecule has 234 valence electrons. The van der Waals surface area contributed by atoms with Crippen molar-refractivity contribution in [2.24, 2.45) is 9.98 Å². The number of alkyl halides is 3. The number of halogens is 4. The maximum atomic E-state index is 14.1. The maximum Gasteiger partial charge on any atom is 0.416 e. The van der Waals surface area contributed by atoms with Crippen LogP contribution in [0.5, 0.6) is 5.75 Å². The molecule has 0 atom stereocenters. The minimum Gasteiger partial charge on any atom is -0.438 e. The molecule has 2 aromatic carbocycles. The summed E-state index contributed by atoms with van der Waals surface area (Å²) in [5, 5.41) is 13.8. The molecule has 3 N–H and O–H groups in total. The van der Waals surface area contributed by atoms with Crippen LogP contribution in [0.1, 0.15) is 27.0 Å². The molecule has 5 rings (SSSR count). The van der Waals surface area contributed by atoms with Crippen molar-refractivity contribution in [1.82, 2.24) is 20.1 Å². The SMILES string of the molecule is CN/C=C1\C(=N)N=C(c2ccncc2)N=C1Oc1ccc(Cl)c(C(=O)Nc2ccc(CN3CCN(C)CC3)c(C(F)(F)F)c2)c1. The standard InChI is InChI=1S/C31H30ClF3N8O2/c1-37-17-24-27(36)40-28(19-7-9-38-10-8-19)41-30(24)45-22-5-6-26(32)23(16-22)29(44)39-21-4-3-20(25(15-21)31(33,34)35)18-43-13-11-42(2)12-14-43/h3-10,15-17,36-37H,11-14,18H2,1-2H3,(H,39,44)/b24-17+,36-27?. The van der Waals surface area contributed by atoms with Gasteiger partial charge in [-0.15, -0.1) is 0 Å². The van der Waals surface area contributed by atoms with E-state index in [-0.39, 0.29) is 57.3 Å². The molecule has 1 saturated heterocycles. The lowest BCUT2D eigenvalue weighted by Gasteiger charge is -2.33. The van der Waals surface area contributed by atoms with E-state index in [0.717, 1.165) is 19.2 Å². The van der Waals surface area contributed by atoms with Crippen LogP contribution in [0.4, 0.5) is 18.9 Å². The van der Waals surface area contributed by atoms with Crippen LogP contribution in [0.25, 0.3) is 0 Å². The van der Waals surface area contributed by atoms with E-state index in [2.05, 4.69) is 30.5 Å². The van der Waals surface area contributed by atoms with Gasteiger partial charge in [0.25, 0.3) is 5.91 Å². The molecule has 3 aromatic rings. The zero-order chi connectivity index (χ0) is 32.1. The quantitative estimate of drug-likeness (QED) is 0.333. The summed E-state index contributed by atoms with van der Waals surface area (Å²) < 4.78 is 48.2. The lowest BCUT2D eigenvalue weighted by molar-refractivity contribution is -0.138. The van der Waals surface area contributed by atoms with Crippen LogP contribution in [0.2, 0.25) is 5.02 Å². The normalized spacial score (nSPS) is 17.1. The molecule has 0 spiro atoms. The van der Waals surface area contributed by atoms with Crippen LogP contribution in [0, 0.1) is 5.41 Å². The van der Waals surface area contributed by atoms with Gasteiger partial charge in [0.15, 0.2) is 11.7 Å². The van der Waals surface area contributed by atoms with Gasteiger partial charge in [0, 0.05) is 69.6 Å². The smallest absolute Gasteiger partial charge is 0.416 e. The molecule has 0 radical (unpaired) electrons. The predicted octanol–water partition coefficient (Wildman–Crippen LogP) is 5.07. The van der Waals surface area contributed by atoms with Crippen molar-refractivity contribution in [1.29, 1.82) is 5.41 Å². The lowest BCUT2D eigenvalue weighted by atomic mass is 10.0. The largest absolute Gasteiger partial charge is 0.438 e. The number of hydrogen-bond acceptors (Lipinski definition) is 8. The van der Waals surface area contributed by atoms with Crippen LogP contribution in [-0.2, 0) is 12.7 Å². The van der Waals surface area contributed by atoms with Gasteiger partial charge in [-0.05, 0) is 55.1 Å². The number of carbonyl (C=O) groups excluding carboxylic acids is 1. The second kappa shape index (κ2) is 13.6. The Kier molecular flexibility index (Phi) is 9.61. The van der Waals surface area contributed by atoms with Crippen LogP contribution < -0.4 is 15.4 Å². The number of pyridine rings is 1. The molecule has 1 fully saturated rings. The van der Waals surface area contributed by atoms with Gasteiger partial charge in [-0.25, -0.2) is 4.99 Å². The summed E-state index contributed by atoms with van der Waals surface area (Å²) in [5.74, 6) is -0.407. The van der Waals surface area contributed by atoms with Gasteiger partial charge in [-0.1, -0.05) is 17.7 Å². The molecule has 0 aliphatic carbocycles. The second-order valence-electron chi connectivity index (χ2n) is 10.4. The number of benzene rings is 2. The number of amidine groups is 2. The first-order valence-electron chi connectivity index (χ1n) is 14.0. The molecule has 2 aliphatic heterocycles. The summed E-state index contributed by atoms with van der Waals surface area (Å²) in [4.78, 5) is 30.1. The van der Waals surface area contributed by atoms with Crippen molar-refractivity contribution in [2.75, 3.05) is 45.6 Å². The first-order valence-corrected chi connectivity index (χ1v) is 14.3. The Hall–Kier alpha value is -4.59. The molecule has 0 unspecified atom stereocenters. The molecule has 1 aromatic heterocycles. The van der Waals surface area contributed by atoms with Gasteiger partial charge in [0.2, 0.25) is 5.90 Å². The average molecular weight is 639 g/mol. The summed E-state index contributed by atoms with van der Waals surface area (Å²) in [6.45, 7) is 3.05. The van der Waals surface area contributed by atoms with Crippen LogP contribution in [-0.4, -0.2) is 78.5 Å². The highest BCUT2D eigenvalue weighted by Crippen LogP contribution is 2.35. The van der Waals surface area contributed by atoms with Crippen molar-refractivity contribution >= 4 is 40.8 Å². The topological polar surface area (TPSA) is 118 Å². The fourth-order valence-electron chi connectivity index (χ4n) is 4.79. The molecule has 10 nitrogen and oxygen atoms in total. The Bertz CT molecular complexity index is 1680. The number of aromatic nitrogens is 1. The zero-order valence-electron chi connectivity index (χ0n) is 24.5. The van der Waals surface area contributed by atoms with Crippen molar-refractivity contribution in [2.45, 2.75) is 12.7 Å². The Morgan fingerprint density at radius 2 is 1.80 bits per heavy atom. The number of nitrogens with one attached hydrogen (secondary N) is 3.